The number of imidazole rings is 1. The fourth-order valence-corrected chi connectivity index (χ4v) is 3.93. The van der Waals surface area contributed by atoms with E-state index in [2.05, 4.69) is 60.9 Å². The molecule has 4 rings (SSSR count). The first kappa shape index (κ1) is 22.0. The molecule has 0 aliphatic rings. The Hall–Kier alpha value is -3.22. The number of aryl methyl sites for hydroxylation is 3. The SMILES string of the molecule is Cc1ccc(C(C)(C)C)cc1Cc1nc(N(C)CCc2cnn(C)c2)nc2ncn(C)c12. The molecule has 0 spiro atoms. The number of aromatic nitrogens is 6. The maximum Gasteiger partial charge on any atom is 0.227 e. The zero-order chi connectivity index (χ0) is 23.0. The van der Waals surface area contributed by atoms with Crippen LogP contribution in [0.4, 0.5) is 5.95 Å². The molecule has 7 nitrogen and oxygen atoms in total. The van der Waals surface area contributed by atoms with Gasteiger partial charge < -0.3 is 9.47 Å². The maximum atomic E-state index is 5.01. The summed E-state index contributed by atoms with van der Waals surface area (Å²) in [4.78, 5) is 16.4. The second kappa shape index (κ2) is 8.37. The lowest BCUT2D eigenvalue weighted by Gasteiger charge is -2.21. The highest BCUT2D eigenvalue weighted by atomic mass is 15.3. The van der Waals surface area contributed by atoms with E-state index in [1.54, 1.807) is 0 Å². The Bertz CT molecular complexity index is 1240. The van der Waals surface area contributed by atoms with Crippen molar-refractivity contribution in [1.82, 2.24) is 29.3 Å². The van der Waals surface area contributed by atoms with Crippen LogP contribution in [0.3, 0.4) is 0 Å². The van der Waals surface area contributed by atoms with Gasteiger partial charge in [-0.2, -0.15) is 10.1 Å². The normalized spacial score (nSPS) is 12.0. The van der Waals surface area contributed by atoms with Crippen LogP contribution in [-0.2, 0) is 32.4 Å². The van der Waals surface area contributed by atoms with E-state index in [4.69, 9.17) is 9.97 Å². The van der Waals surface area contributed by atoms with Crippen molar-refractivity contribution in [2.24, 2.45) is 14.1 Å². The van der Waals surface area contributed by atoms with Gasteiger partial charge >= 0.3 is 0 Å². The molecule has 0 bridgehead atoms. The number of hydrogen-bond donors (Lipinski definition) is 0. The molecule has 4 aromatic rings. The van der Waals surface area contributed by atoms with Crippen molar-refractivity contribution in [1.29, 1.82) is 0 Å². The number of hydrogen-bond acceptors (Lipinski definition) is 5. The van der Waals surface area contributed by atoms with Gasteiger partial charge in [0.15, 0.2) is 5.65 Å². The van der Waals surface area contributed by atoms with Gasteiger partial charge in [0.2, 0.25) is 5.95 Å². The molecule has 0 radical (unpaired) electrons. The first-order chi connectivity index (χ1) is 15.1. The Morgan fingerprint density at radius 3 is 2.56 bits per heavy atom. The molecular weight excluding hydrogens is 398 g/mol. The van der Waals surface area contributed by atoms with Crippen LogP contribution in [0.15, 0.2) is 36.9 Å². The van der Waals surface area contributed by atoms with E-state index in [0.29, 0.717) is 5.95 Å². The molecule has 0 saturated heterocycles. The fraction of sp³-hybridized carbons (Fsp3) is 0.440. The highest BCUT2D eigenvalue weighted by Gasteiger charge is 2.18. The zero-order valence-electron chi connectivity index (χ0n) is 20.2. The summed E-state index contributed by atoms with van der Waals surface area (Å²) in [6.45, 7) is 9.73. The topological polar surface area (TPSA) is 64.7 Å². The number of likely N-dealkylation sites (N-methyl/N-ethyl adjacent to an activating group) is 1. The van der Waals surface area contributed by atoms with E-state index < -0.39 is 0 Å². The van der Waals surface area contributed by atoms with E-state index in [9.17, 15) is 0 Å². The molecule has 1 aromatic carbocycles. The van der Waals surface area contributed by atoms with Crippen LogP contribution in [0.2, 0.25) is 0 Å². The van der Waals surface area contributed by atoms with Crippen molar-refractivity contribution in [3.8, 4) is 0 Å². The number of nitrogens with zero attached hydrogens (tertiary/aromatic N) is 7. The van der Waals surface area contributed by atoms with Gasteiger partial charge in [0.05, 0.1) is 18.2 Å². The number of benzene rings is 1. The molecule has 3 aromatic heterocycles. The van der Waals surface area contributed by atoms with Crippen LogP contribution >= 0.6 is 0 Å². The minimum atomic E-state index is 0.105. The molecule has 0 unspecified atom stereocenters. The average molecular weight is 432 g/mol. The van der Waals surface area contributed by atoms with E-state index in [0.717, 1.165) is 36.2 Å². The molecule has 3 heterocycles. The van der Waals surface area contributed by atoms with Crippen LogP contribution in [0.5, 0.6) is 0 Å². The Labute approximate surface area is 190 Å². The third-order valence-electron chi connectivity index (χ3n) is 6.04. The van der Waals surface area contributed by atoms with Crippen LogP contribution in [-0.4, -0.2) is 42.9 Å². The summed E-state index contributed by atoms with van der Waals surface area (Å²) in [6, 6.07) is 6.78. The quantitative estimate of drug-likeness (QED) is 0.462. The summed E-state index contributed by atoms with van der Waals surface area (Å²) in [5.41, 5.74) is 7.96. The summed E-state index contributed by atoms with van der Waals surface area (Å²) in [5, 5.41) is 4.26. The van der Waals surface area contributed by atoms with Crippen LogP contribution < -0.4 is 4.90 Å². The lowest BCUT2D eigenvalue weighted by atomic mass is 9.84. The third kappa shape index (κ3) is 4.52. The summed E-state index contributed by atoms with van der Waals surface area (Å²) in [7, 11) is 5.98. The van der Waals surface area contributed by atoms with Crippen LogP contribution in [0.25, 0.3) is 11.2 Å². The second-order valence-electron chi connectivity index (χ2n) is 9.76. The van der Waals surface area contributed by atoms with E-state index >= 15 is 0 Å². The largest absolute Gasteiger partial charge is 0.343 e. The van der Waals surface area contributed by atoms with Gasteiger partial charge in [-0.3, -0.25) is 4.68 Å². The molecule has 0 amide bonds. The van der Waals surface area contributed by atoms with Gasteiger partial charge in [-0.15, -0.1) is 0 Å². The Morgan fingerprint density at radius 1 is 1.09 bits per heavy atom. The Morgan fingerprint density at radius 2 is 1.88 bits per heavy atom. The van der Waals surface area contributed by atoms with Gasteiger partial charge in [0.25, 0.3) is 0 Å². The standard InChI is InChI=1S/C25H33N7/c1-17-8-9-20(25(2,3)4)12-19(17)13-21-22-23(26-16-31(22)6)29-24(28-21)30(5)11-10-18-14-27-32(7)15-18/h8-9,12,14-16H,10-11,13H2,1-7H3. The molecule has 0 aliphatic carbocycles. The molecular formula is C25H33N7. The monoisotopic (exact) mass is 431 g/mol. The van der Waals surface area contributed by atoms with Crippen molar-refractivity contribution in [2.45, 2.75) is 46.0 Å². The van der Waals surface area contributed by atoms with Crippen molar-refractivity contribution in [3.63, 3.8) is 0 Å². The van der Waals surface area contributed by atoms with E-state index in [1.165, 1.54) is 22.3 Å². The van der Waals surface area contributed by atoms with Gasteiger partial charge in [-0.25, -0.2) is 9.97 Å². The molecule has 0 aliphatic heterocycles. The molecule has 0 fully saturated rings. The minimum absolute atomic E-state index is 0.105. The molecule has 0 N–H and O–H groups in total. The van der Waals surface area contributed by atoms with Crippen molar-refractivity contribution < 1.29 is 0 Å². The molecule has 168 valence electrons. The Kier molecular flexibility index (Phi) is 5.75. The second-order valence-corrected chi connectivity index (χ2v) is 9.76. The molecule has 7 heteroatoms. The lowest BCUT2D eigenvalue weighted by molar-refractivity contribution is 0.589. The van der Waals surface area contributed by atoms with Gasteiger partial charge in [0, 0.05) is 40.3 Å². The number of rotatable bonds is 6. The molecule has 0 saturated carbocycles. The first-order valence-corrected chi connectivity index (χ1v) is 11.1. The van der Waals surface area contributed by atoms with E-state index in [1.807, 2.05) is 49.1 Å². The van der Waals surface area contributed by atoms with Gasteiger partial charge in [-0.1, -0.05) is 39.0 Å². The molecule has 0 atom stereocenters. The van der Waals surface area contributed by atoms with Gasteiger partial charge in [-0.05, 0) is 41.0 Å². The smallest absolute Gasteiger partial charge is 0.227 e. The average Bonchev–Trinajstić information content (AvgIpc) is 3.32. The van der Waals surface area contributed by atoms with Crippen molar-refractivity contribution in [3.05, 3.63) is 64.9 Å². The number of fused-ring (bicyclic) bond motifs is 1. The van der Waals surface area contributed by atoms with Crippen LogP contribution in [0, 0.1) is 6.92 Å². The fourth-order valence-electron chi connectivity index (χ4n) is 3.93. The summed E-state index contributed by atoms with van der Waals surface area (Å²) >= 11 is 0. The minimum Gasteiger partial charge on any atom is -0.343 e. The van der Waals surface area contributed by atoms with Crippen molar-refractivity contribution in [2.75, 3.05) is 18.5 Å². The summed E-state index contributed by atoms with van der Waals surface area (Å²) in [6.07, 6.45) is 7.41. The molecule has 32 heavy (non-hydrogen) atoms. The summed E-state index contributed by atoms with van der Waals surface area (Å²) < 4.78 is 3.85. The third-order valence-corrected chi connectivity index (χ3v) is 6.04. The zero-order valence-corrected chi connectivity index (χ0v) is 20.2. The predicted octanol–water partition coefficient (Wildman–Crippen LogP) is 3.97. The maximum absolute atomic E-state index is 5.01. The predicted molar refractivity (Wildman–Crippen MR) is 129 cm³/mol. The highest BCUT2D eigenvalue weighted by molar-refractivity contribution is 5.75. The lowest BCUT2D eigenvalue weighted by Crippen LogP contribution is -2.23. The van der Waals surface area contributed by atoms with Gasteiger partial charge in [0.1, 0.15) is 5.52 Å². The summed E-state index contributed by atoms with van der Waals surface area (Å²) in [5.74, 6) is 0.708. The van der Waals surface area contributed by atoms with Crippen LogP contribution in [0.1, 0.15) is 48.7 Å². The first-order valence-electron chi connectivity index (χ1n) is 11.1. The Balaban J connectivity index is 1.67. The number of anilines is 1. The van der Waals surface area contributed by atoms with Crippen molar-refractivity contribution >= 4 is 17.1 Å². The van der Waals surface area contributed by atoms with E-state index in [-0.39, 0.29) is 5.41 Å². The highest BCUT2D eigenvalue weighted by Crippen LogP contribution is 2.27.